The lowest BCUT2D eigenvalue weighted by Crippen LogP contribution is -2.35. The molecule has 6 heteroatoms. The van der Waals surface area contributed by atoms with E-state index >= 15 is 0 Å². The zero-order valence-electron chi connectivity index (χ0n) is 10.2. The summed E-state index contributed by atoms with van der Waals surface area (Å²) in [6.07, 6.45) is -1.70. The number of hydrogen-bond donors (Lipinski definition) is 2. The lowest BCUT2D eigenvalue weighted by Gasteiger charge is -2.19. The molecule has 1 saturated carbocycles. The van der Waals surface area contributed by atoms with E-state index < -0.39 is 11.7 Å². The highest BCUT2D eigenvalue weighted by Gasteiger charge is 2.33. The van der Waals surface area contributed by atoms with Gasteiger partial charge in [0.25, 0.3) is 0 Å². The maximum absolute atomic E-state index is 12.6. The normalized spacial score (nSPS) is 23.1. The van der Waals surface area contributed by atoms with E-state index in [1.165, 1.54) is 12.1 Å². The minimum absolute atomic E-state index is 0.00725. The predicted octanol–water partition coefficient (Wildman–Crippen LogP) is 2.87. The first kappa shape index (κ1) is 13.7. The highest BCUT2D eigenvalue weighted by molar-refractivity contribution is 5.54. The molecule has 0 aromatic heterocycles. The predicted molar refractivity (Wildman–Crippen MR) is 65.4 cm³/mol. The van der Waals surface area contributed by atoms with Crippen LogP contribution in [0.5, 0.6) is 0 Å². The second-order valence-corrected chi connectivity index (χ2v) is 4.72. The summed E-state index contributed by atoms with van der Waals surface area (Å²) < 4.78 is 37.9. The Morgan fingerprint density at radius 3 is 2.58 bits per heavy atom. The first-order valence-corrected chi connectivity index (χ1v) is 6.05. The molecule has 0 spiro atoms. The SMILES string of the molecule is N#Cc1cc(NC2CCCC2N)ccc1C(F)(F)F. The molecule has 0 aliphatic heterocycles. The lowest BCUT2D eigenvalue weighted by molar-refractivity contribution is -0.137. The van der Waals surface area contributed by atoms with E-state index in [0.717, 1.165) is 25.3 Å². The molecule has 2 unspecified atom stereocenters. The van der Waals surface area contributed by atoms with Gasteiger partial charge in [-0.15, -0.1) is 0 Å². The van der Waals surface area contributed by atoms with Gasteiger partial charge < -0.3 is 11.1 Å². The van der Waals surface area contributed by atoms with E-state index in [9.17, 15) is 13.2 Å². The van der Waals surface area contributed by atoms with Gasteiger partial charge in [0.2, 0.25) is 0 Å². The van der Waals surface area contributed by atoms with Crippen molar-refractivity contribution in [3.05, 3.63) is 29.3 Å². The summed E-state index contributed by atoms with van der Waals surface area (Å²) in [4.78, 5) is 0. The van der Waals surface area contributed by atoms with E-state index in [1.54, 1.807) is 6.07 Å². The number of hydrogen-bond acceptors (Lipinski definition) is 3. The average molecular weight is 269 g/mol. The van der Waals surface area contributed by atoms with Crippen molar-refractivity contribution < 1.29 is 13.2 Å². The Kier molecular flexibility index (Phi) is 3.67. The minimum atomic E-state index is -4.51. The van der Waals surface area contributed by atoms with Crippen LogP contribution >= 0.6 is 0 Å². The van der Waals surface area contributed by atoms with Gasteiger partial charge in [0.15, 0.2) is 0 Å². The lowest BCUT2D eigenvalue weighted by atomic mass is 10.1. The summed E-state index contributed by atoms with van der Waals surface area (Å²) in [6.45, 7) is 0. The standard InChI is InChI=1S/C13H14F3N3/c14-13(15,16)10-5-4-9(6-8(10)7-17)19-12-3-1-2-11(12)18/h4-6,11-12,19H,1-3,18H2. The van der Waals surface area contributed by atoms with Crippen molar-refractivity contribution in [3.8, 4) is 6.07 Å². The highest BCUT2D eigenvalue weighted by atomic mass is 19.4. The Morgan fingerprint density at radius 1 is 1.32 bits per heavy atom. The number of nitrogens with zero attached hydrogens (tertiary/aromatic N) is 1. The smallest absolute Gasteiger partial charge is 0.381 e. The Balaban J connectivity index is 2.23. The van der Waals surface area contributed by atoms with Crippen LogP contribution in [0, 0.1) is 11.3 Å². The number of rotatable bonds is 2. The first-order valence-electron chi connectivity index (χ1n) is 6.05. The molecule has 0 heterocycles. The average Bonchev–Trinajstić information content (AvgIpc) is 2.73. The molecule has 0 amide bonds. The molecular weight excluding hydrogens is 255 g/mol. The molecule has 2 atom stereocenters. The van der Waals surface area contributed by atoms with Crippen LogP contribution in [0.4, 0.5) is 18.9 Å². The maximum atomic E-state index is 12.6. The molecule has 1 aliphatic carbocycles. The maximum Gasteiger partial charge on any atom is 0.417 e. The van der Waals surface area contributed by atoms with Crippen LogP contribution in [-0.4, -0.2) is 12.1 Å². The quantitative estimate of drug-likeness (QED) is 0.867. The number of halogens is 3. The van der Waals surface area contributed by atoms with Crippen LogP contribution in [0.15, 0.2) is 18.2 Å². The van der Waals surface area contributed by atoms with Crippen molar-refractivity contribution in [1.29, 1.82) is 5.26 Å². The van der Waals surface area contributed by atoms with Crippen LogP contribution < -0.4 is 11.1 Å². The summed E-state index contributed by atoms with van der Waals surface area (Å²) in [5.74, 6) is 0. The van der Waals surface area contributed by atoms with Gasteiger partial charge in [-0.25, -0.2) is 0 Å². The number of nitrogens with one attached hydrogen (secondary N) is 1. The zero-order valence-corrected chi connectivity index (χ0v) is 10.2. The third-order valence-corrected chi connectivity index (χ3v) is 3.37. The molecule has 1 aromatic carbocycles. The van der Waals surface area contributed by atoms with Crippen molar-refractivity contribution in [2.24, 2.45) is 5.73 Å². The van der Waals surface area contributed by atoms with Crippen molar-refractivity contribution in [3.63, 3.8) is 0 Å². The minimum Gasteiger partial charge on any atom is -0.381 e. The van der Waals surface area contributed by atoms with Gasteiger partial charge in [-0.3, -0.25) is 0 Å². The van der Waals surface area contributed by atoms with E-state index in [1.807, 2.05) is 0 Å². The van der Waals surface area contributed by atoms with Crippen LogP contribution in [0.3, 0.4) is 0 Å². The van der Waals surface area contributed by atoms with Gasteiger partial charge in [-0.1, -0.05) is 0 Å². The van der Waals surface area contributed by atoms with Gasteiger partial charge in [-0.2, -0.15) is 18.4 Å². The summed E-state index contributed by atoms with van der Waals surface area (Å²) in [7, 11) is 0. The molecule has 102 valence electrons. The Bertz CT molecular complexity index is 505. The van der Waals surface area contributed by atoms with Gasteiger partial charge in [-0.05, 0) is 37.5 Å². The summed E-state index contributed by atoms with van der Waals surface area (Å²) in [5, 5.41) is 11.9. The fourth-order valence-electron chi connectivity index (χ4n) is 2.36. The van der Waals surface area contributed by atoms with Crippen LogP contribution in [0.2, 0.25) is 0 Å². The number of nitriles is 1. The van der Waals surface area contributed by atoms with Gasteiger partial charge in [0.1, 0.15) is 0 Å². The zero-order chi connectivity index (χ0) is 14.0. The second-order valence-electron chi connectivity index (χ2n) is 4.72. The van der Waals surface area contributed by atoms with Crippen LogP contribution in [0.1, 0.15) is 30.4 Å². The Labute approximate surface area is 109 Å². The van der Waals surface area contributed by atoms with Crippen molar-refractivity contribution >= 4 is 5.69 Å². The Morgan fingerprint density at radius 2 is 2.05 bits per heavy atom. The van der Waals surface area contributed by atoms with Crippen LogP contribution in [0.25, 0.3) is 0 Å². The van der Waals surface area contributed by atoms with Crippen molar-refractivity contribution in [1.82, 2.24) is 0 Å². The number of alkyl halides is 3. The molecule has 3 N–H and O–H groups in total. The fraction of sp³-hybridized carbons (Fsp3) is 0.462. The third kappa shape index (κ3) is 2.99. The fourth-order valence-corrected chi connectivity index (χ4v) is 2.36. The van der Waals surface area contributed by atoms with E-state index in [-0.39, 0.29) is 17.6 Å². The molecule has 19 heavy (non-hydrogen) atoms. The summed E-state index contributed by atoms with van der Waals surface area (Å²) in [5.41, 5.74) is 5.12. The van der Waals surface area contributed by atoms with Crippen molar-refractivity contribution in [2.75, 3.05) is 5.32 Å². The van der Waals surface area contributed by atoms with Crippen molar-refractivity contribution in [2.45, 2.75) is 37.5 Å². The topological polar surface area (TPSA) is 61.8 Å². The van der Waals surface area contributed by atoms with Crippen LogP contribution in [-0.2, 0) is 6.18 Å². The van der Waals surface area contributed by atoms with E-state index in [2.05, 4.69) is 5.32 Å². The van der Waals surface area contributed by atoms with E-state index in [4.69, 9.17) is 11.0 Å². The monoisotopic (exact) mass is 269 g/mol. The molecule has 0 radical (unpaired) electrons. The molecule has 1 fully saturated rings. The Hall–Kier alpha value is -1.74. The largest absolute Gasteiger partial charge is 0.417 e. The molecular formula is C13H14F3N3. The van der Waals surface area contributed by atoms with Gasteiger partial charge in [0, 0.05) is 17.8 Å². The third-order valence-electron chi connectivity index (χ3n) is 3.37. The molecule has 1 aromatic rings. The van der Waals surface area contributed by atoms with Gasteiger partial charge in [0.05, 0.1) is 17.2 Å². The molecule has 2 rings (SSSR count). The highest BCUT2D eigenvalue weighted by Crippen LogP contribution is 2.33. The number of nitrogens with two attached hydrogens (primary N) is 1. The number of anilines is 1. The van der Waals surface area contributed by atoms with Gasteiger partial charge >= 0.3 is 6.18 Å². The second kappa shape index (κ2) is 5.10. The molecule has 1 aliphatic rings. The molecule has 0 saturated heterocycles. The summed E-state index contributed by atoms with van der Waals surface area (Å²) in [6, 6.07) is 5.16. The molecule has 3 nitrogen and oxygen atoms in total. The first-order chi connectivity index (χ1) is 8.91. The van der Waals surface area contributed by atoms with E-state index in [0.29, 0.717) is 5.69 Å². The number of benzene rings is 1. The summed E-state index contributed by atoms with van der Waals surface area (Å²) >= 11 is 0. The molecule has 0 bridgehead atoms.